The van der Waals surface area contributed by atoms with Gasteiger partial charge in [0.05, 0.1) is 12.5 Å². The van der Waals surface area contributed by atoms with Crippen LogP contribution in [0.1, 0.15) is 17.2 Å². The highest BCUT2D eigenvalue weighted by Crippen LogP contribution is 2.29. The summed E-state index contributed by atoms with van der Waals surface area (Å²) >= 11 is 11.9. The predicted molar refractivity (Wildman–Crippen MR) is 80.8 cm³/mol. The number of hydrogen-bond acceptors (Lipinski definition) is 3. The predicted octanol–water partition coefficient (Wildman–Crippen LogP) is 3.18. The fourth-order valence-electron chi connectivity index (χ4n) is 2.24. The first-order chi connectivity index (χ1) is 10.1. The molecule has 0 spiro atoms. The topological polar surface area (TPSA) is 51.2 Å². The van der Waals surface area contributed by atoms with Gasteiger partial charge in [-0.05, 0) is 29.8 Å². The molecule has 0 fully saturated rings. The third-order valence-electron chi connectivity index (χ3n) is 3.26. The van der Waals surface area contributed by atoms with Gasteiger partial charge in [0, 0.05) is 21.8 Å². The Kier molecular flexibility index (Phi) is 3.99. The molecule has 2 heterocycles. The summed E-state index contributed by atoms with van der Waals surface area (Å²) < 4.78 is 5.43. The van der Waals surface area contributed by atoms with E-state index in [-0.39, 0.29) is 18.4 Å². The van der Waals surface area contributed by atoms with Gasteiger partial charge in [-0.2, -0.15) is 0 Å². The fourth-order valence-corrected chi connectivity index (χ4v) is 2.72. The standard InChI is InChI=1S/C15H12Cl2N2O2/c16-10-4-3-9(12(17)7-10)6-14(20)19-13-8-21-15-11(13)2-1-5-18-15/h1-5,7,13H,6,8H2,(H,19,20)/t13-/m1/s1. The largest absolute Gasteiger partial charge is 0.475 e. The summed E-state index contributed by atoms with van der Waals surface area (Å²) in [5.41, 5.74) is 1.64. The first-order valence-corrected chi connectivity index (χ1v) is 7.20. The van der Waals surface area contributed by atoms with Gasteiger partial charge in [0.2, 0.25) is 11.8 Å². The van der Waals surface area contributed by atoms with Gasteiger partial charge < -0.3 is 10.1 Å². The van der Waals surface area contributed by atoms with Gasteiger partial charge in [-0.15, -0.1) is 0 Å². The molecular formula is C15H12Cl2N2O2. The van der Waals surface area contributed by atoms with Crippen LogP contribution in [0.2, 0.25) is 10.0 Å². The van der Waals surface area contributed by atoms with Crippen molar-refractivity contribution >= 4 is 29.1 Å². The number of halogens is 2. The Balaban J connectivity index is 1.68. The van der Waals surface area contributed by atoms with E-state index >= 15 is 0 Å². The van der Waals surface area contributed by atoms with E-state index < -0.39 is 0 Å². The van der Waals surface area contributed by atoms with Gasteiger partial charge in [0.25, 0.3) is 0 Å². The molecule has 0 saturated heterocycles. The van der Waals surface area contributed by atoms with Crippen molar-refractivity contribution in [2.75, 3.05) is 6.61 Å². The maximum Gasteiger partial charge on any atom is 0.225 e. The Hall–Kier alpha value is -1.78. The van der Waals surface area contributed by atoms with Gasteiger partial charge in [0.15, 0.2) is 0 Å². The van der Waals surface area contributed by atoms with Crippen molar-refractivity contribution in [3.05, 3.63) is 57.7 Å². The smallest absolute Gasteiger partial charge is 0.225 e. The Bertz CT molecular complexity index is 691. The molecule has 0 unspecified atom stereocenters. The molecule has 6 heteroatoms. The molecule has 2 aromatic rings. The number of pyridine rings is 1. The van der Waals surface area contributed by atoms with Crippen molar-refractivity contribution < 1.29 is 9.53 Å². The fraction of sp³-hybridized carbons (Fsp3) is 0.200. The molecule has 0 aliphatic carbocycles. The zero-order valence-electron chi connectivity index (χ0n) is 11.0. The second kappa shape index (κ2) is 5.92. The quantitative estimate of drug-likeness (QED) is 0.944. The minimum atomic E-state index is -0.174. The Morgan fingerprint density at radius 2 is 2.24 bits per heavy atom. The number of nitrogens with zero attached hydrogens (tertiary/aromatic N) is 1. The number of amides is 1. The lowest BCUT2D eigenvalue weighted by atomic mass is 10.1. The van der Waals surface area contributed by atoms with Gasteiger partial charge in [-0.1, -0.05) is 29.3 Å². The molecule has 0 bridgehead atoms. The average Bonchev–Trinajstić information content (AvgIpc) is 2.85. The van der Waals surface area contributed by atoms with Crippen LogP contribution in [0.4, 0.5) is 0 Å². The van der Waals surface area contributed by atoms with E-state index in [1.165, 1.54) is 0 Å². The summed E-state index contributed by atoms with van der Waals surface area (Å²) in [5.74, 6) is 0.455. The molecule has 21 heavy (non-hydrogen) atoms. The number of ether oxygens (including phenoxy) is 1. The summed E-state index contributed by atoms with van der Waals surface area (Å²) in [6, 6.07) is 8.65. The molecule has 3 rings (SSSR count). The number of aromatic nitrogens is 1. The number of carbonyl (C=O) groups is 1. The van der Waals surface area contributed by atoms with Gasteiger partial charge in [-0.3, -0.25) is 4.79 Å². The van der Waals surface area contributed by atoms with Crippen LogP contribution in [0.15, 0.2) is 36.5 Å². The SMILES string of the molecule is O=C(Cc1ccc(Cl)cc1Cl)N[C@@H]1COc2ncccc21. The molecule has 4 nitrogen and oxygen atoms in total. The highest BCUT2D eigenvalue weighted by Gasteiger charge is 2.26. The number of benzene rings is 1. The molecular weight excluding hydrogens is 311 g/mol. The van der Waals surface area contributed by atoms with Crippen LogP contribution in [-0.2, 0) is 11.2 Å². The maximum absolute atomic E-state index is 12.1. The van der Waals surface area contributed by atoms with E-state index in [0.717, 1.165) is 11.1 Å². The second-order valence-corrected chi connectivity index (χ2v) is 5.59. The molecule has 1 aromatic carbocycles. The zero-order chi connectivity index (χ0) is 14.8. The van der Waals surface area contributed by atoms with Crippen molar-refractivity contribution in [1.29, 1.82) is 0 Å². The number of nitrogens with one attached hydrogen (secondary N) is 1. The normalized spacial score (nSPS) is 16.2. The minimum absolute atomic E-state index is 0.121. The van der Waals surface area contributed by atoms with E-state index in [1.54, 1.807) is 24.4 Å². The van der Waals surface area contributed by atoms with Crippen LogP contribution in [0.3, 0.4) is 0 Å². The van der Waals surface area contributed by atoms with Crippen LogP contribution >= 0.6 is 23.2 Å². The van der Waals surface area contributed by atoms with Gasteiger partial charge >= 0.3 is 0 Å². The van der Waals surface area contributed by atoms with E-state index in [4.69, 9.17) is 27.9 Å². The molecule has 1 N–H and O–H groups in total. The van der Waals surface area contributed by atoms with E-state index in [9.17, 15) is 4.79 Å². The third kappa shape index (κ3) is 3.12. The van der Waals surface area contributed by atoms with Crippen LogP contribution < -0.4 is 10.1 Å². The summed E-state index contributed by atoms with van der Waals surface area (Å²) in [6.45, 7) is 0.395. The summed E-state index contributed by atoms with van der Waals surface area (Å²) in [6.07, 6.45) is 1.86. The van der Waals surface area contributed by atoms with Gasteiger partial charge in [-0.25, -0.2) is 4.98 Å². The number of hydrogen-bond donors (Lipinski definition) is 1. The van der Waals surface area contributed by atoms with E-state index in [1.807, 2.05) is 12.1 Å². The van der Waals surface area contributed by atoms with Crippen molar-refractivity contribution in [1.82, 2.24) is 10.3 Å². The molecule has 0 radical (unpaired) electrons. The summed E-state index contributed by atoms with van der Waals surface area (Å²) in [5, 5.41) is 3.97. The average molecular weight is 323 g/mol. The Labute approximate surface area is 132 Å². The minimum Gasteiger partial charge on any atom is -0.475 e. The van der Waals surface area contributed by atoms with E-state index in [2.05, 4.69) is 10.3 Å². The van der Waals surface area contributed by atoms with Crippen LogP contribution in [-0.4, -0.2) is 17.5 Å². The Morgan fingerprint density at radius 3 is 3.05 bits per heavy atom. The monoisotopic (exact) mass is 322 g/mol. The maximum atomic E-state index is 12.1. The number of rotatable bonds is 3. The highest BCUT2D eigenvalue weighted by molar-refractivity contribution is 6.35. The molecule has 1 atom stereocenters. The first kappa shape index (κ1) is 14.2. The highest BCUT2D eigenvalue weighted by atomic mass is 35.5. The van der Waals surface area contributed by atoms with E-state index in [0.29, 0.717) is 22.5 Å². The number of carbonyl (C=O) groups excluding carboxylic acids is 1. The molecule has 1 aromatic heterocycles. The third-order valence-corrected chi connectivity index (χ3v) is 3.85. The lowest BCUT2D eigenvalue weighted by Crippen LogP contribution is -2.30. The molecule has 0 saturated carbocycles. The summed E-state index contributed by atoms with van der Waals surface area (Å²) in [4.78, 5) is 16.3. The lowest BCUT2D eigenvalue weighted by molar-refractivity contribution is -0.121. The van der Waals surface area contributed by atoms with Crippen LogP contribution in [0, 0.1) is 0 Å². The number of fused-ring (bicyclic) bond motifs is 1. The molecule has 1 aliphatic rings. The molecule has 1 aliphatic heterocycles. The van der Waals surface area contributed by atoms with Crippen molar-refractivity contribution in [2.45, 2.75) is 12.5 Å². The van der Waals surface area contributed by atoms with Crippen LogP contribution in [0.25, 0.3) is 0 Å². The Morgan fingerprint density at radius 1 is 1.38 bits per heavy atom. The van der Waals surface area contributed by atoms with Crippen molar-refractivity contribution in [3.63, 3.8) is 0 Å². The van der Waals surface area contributed by atoms with Gasteiger partial charge in [0.1, 0.15) is 6.61 Å². The molecule has 108 valence electrons. The second-order valence-electron chi connectivity index (χ2n) is 4.74. The van der Waals surface area contributed by atoms with Crippen LogP contribution in [0.5, 0.6) is 5.88 Å². The van der Waals surface area contributed by atoms with Crippen molar-refractivity contribution in [2.24, 2.45) is 0 Å². The lowest BCUT2D eigenvalue weighted by Gasteiger charge is -2.12. The zero-order valence-corrected chi connectivity index (χ0v) is 12.5. The summed E-state index contributed by atoms with van der Waals surface area (Å²) in [7, 11) is 0. The first-order valence-electron chi connectivity index (χ1n) is 6.44. The van der Waals surface area contributed by atoms with Crippen molar-refractivity contribution in [3.8, 4) is 5.88 Å². The molecule has 1 amide bonds.